The van der Waals surface area contributed by atoms with Gasteiger partial charge in [0.15, 0.2) is 0 Å². The molecule has 0 unspecified atom stereocenters. The summed E-state index contributed by atoms with van der Waals surface area (Å²) >= 11 is 11.7. The lowest BCUT2D eigenvalue weighted by Crippen LogP contribution is -1.69. The van der Waals surface area contributed by atoms with E-state index in [1.54, 1.807) is 18.2 Å². The summed E-state index contributed by atoms with van der Waals surface area (Å²) in [6.07, 6.45) is 0. The lowest BCUT2D eigenvalue weighted by Gasteiger charge is -1.87. The largest absolute Gasteiger partial charge is 0.343 e. The van der Waals surface area contributed by atoms with Crippen molar-refractivity contribution in [2.24, 2.45) is 0 Å². The highest BCUT2D eigenvalue weighted by molar-refractivity contribution is 6.35. The summed E-state index contributed by atoms with van der Waals surface area (Å²) in [4.78, 5) is 4.18. The van der Waals surface area contributed by atoms with Crippen LogP contribution in [0.4, 0.5) is 5.69 Å². The van der Waals surface area contributed by atoms with Gasteiger partial charge in [-0.1, -0.05) is 41.4 Å². The van der Waals surface area contributed by atoms with Crippen LogP contribution < -0.4 is 0 Å². The van der Waals surface area contributed by atoms with E-state index in [2.05, 4.69) is 10.9 Å². The molecule has 0 amide bonds. The first-order valence-electron chi connectivity index (χ1n) is 4.72. The highest BCUT2D eigenvalue weighted by Gasteiger charge is 2.05. The van der Waals surface area contributed by atoms with Crippen LogP contribution >= 0.6 is 23.2 Å². The summed E-state index contributed by atoms with van der Waals surface area (Å²) in [6, 6.07) is 17.7. The van der Waals surface area contributed by atoms with Gasteiger partial charge in [0.05, 0.1) is 0 Å². The second-order valence-corrected chi connectivity index (χ2v) is 4.09. The van der Waals surface area contributed by atoms with Crippen molar-refractivity contribution in [1.82, 2.24) is 0 Å². The Morgan fingerprint density at radius 3 is 2.12 bits per heavy atom. The Hall–Kier alpha value is -1.49. The Balaban J connectivity index is 2.31. The number of hydrogen-bond donors (Lipinski definition) is 0. The standard InChI is InChI=1S/C13H8Cl2N/c14-11-6-12(15)8-13(7-11)16-9-10-4-2-1-3-5-10/h1-8H/q+1. The zero-order valence-corrected chi connectivity index (χ0v) is 9.83. The number of rotatable bonds is 0. The van der Waals surface area contributed by atoms with E-state index < -0.39 is 0 Å². The van der Waals surface area contributed by atoms with E-state index in [0.29, 0.717) is 15.7 Å². The first kappa shape index (κ1) is 11.0. The summed E-state index contributed by atoms with van der Waals surface area (Å²) < 4.78 is 0. The smallest absolute Gasteiger partial charge is 0.0840 e. The lowest BCUT2D eigenvalue weighted by molar-refractivity contribution is 1.64. The predicted molar refractivity (Wildman–Crippen MR) is 68.9 cm³/mol. The maximum absolute atomic E-state index is 5.86. The molecule has 0 saturated carbocycles. The van der Waals surface area contributed by atoms with Crippen LogP contribution in [0.1, 0.15) is 5.56 Å². The molecule has 0 aromatic heterocycles. The SMILES string of the molecule is Clc1cc(Cl)cc([N+]#Cc2ccccc2)c1. The van der Waals surface area contributed by atoms with Gasteiger partial charge in [-0.3, -0.25) is 0 Å². The lowest BCUT2D eigenvalue weighted by atomic mass is 10.2. The molecule has 2 aromatic carbocycles. The molecule has 0 aliphatic rings. The third kappa shape index (κ3) is 3.00. The van der Waals surface area contributed by atoms with Gasteiger partial charge < -0.3 is 0 Å². The van der Waals surface area contributed by atoms with Crippen LogP contribution in [0.2, 0.25) is 10.0 Å². The molecule has 2 rings (SSSR count). The van der Waals surface area contributed by atoms with E-state index in [-0.39, 0.29) is 0 Å². The van der Waals surface area contributed by atoms with Gasteiger partial charge in [-0.2, -0.15) is 0 Å². The zero-order chi connectivity index (χ0) is 11.4. The molecular weight excluding hydrogens is 241 g/mol. The topological polar surface area (TPSA) is 4.36 Å². The third-order valence-electron chi connectivity index (χ3n) is 1.94. The van der Waals surface area contributed by atoms with Crippen molar-refractivity contribution in [3.8, 4) is 6.07 Å². The Labute approximate surface area is 104 Å². The molecule has 0 radical (unpaired) electrons. The number of hydrogen-bond acceptors (Lipinski definition) is 0. The minimum Gasteiger partial charge on any atom is -0.0840 e. The van der Waals surface area contributed by atoms with E-state index >= 15 is 0 Å². The van der Waals surface area contributed by atoms with Crippen molar-refractivity contribution in [2.75, 3.05) is 0 Å². The van der Waals surface area contributed by atoms with Gasteiger partial charge in [0.2, 0.25) is 0 Å². The van der Waals surface area contributed by atoms with Gasteiger partial charge in [-0.05, 0) is 23.0 Å². The molecule has 16 heavy (non-hydrogen) atoms. The predicted octanol–water partition coefficient (Wildman–Crippen LogP) is 5.01. The molecule has 0 saturated heterocycles. The van der Waals surface area contributed by atoms with Crippen LogP contribution in [0, 0.1) is 6.07 Å². The van der Waals surface area contributed by atoms with E-state index in [4.69, 9.17) is 23.2 Å². The van der Waals surface area contributed by atoms with Crippen molar-refractivity contribution >= 4 is 28.9 Å². The summed E-state index contributed by atoms with van der Waals surface area (Å²) in [5.41, 5.74) is 1.61. The normalized spacial score (nSPS) is 9.38. The molecule has 0 N–H and O–H groups in total. The summed E-state index contributed by atoms with van der Waals surface area (Å²) in [6.45, 7) is 0. The summed E-state index contributed by atoms with van der Waals surface area (Å²) in [7, 11) is 0. The maximum atomic E-state index is 5.86. The second kappa shape index (κ2) is 5.03. The highest BCUT2D eigenvalue weighted by atomic mass is 35.5. The Bertz CT molecular complexity index is 533. The minimum absolute atomic E-state index is 0.570. The fraction of sp³-hybridized carbons (Fsp3) is 0. The monoisotopic (exact) mass is 248 g/mol. The fourth-order valence-corrected chi connectivity index (χ4v) is 1.76. The van der Waals surface area contributed by atoms with Crippen LogP contribution in [0.15, 0.2) is 48.5 Å². The fourth-order valence-electron chi connectivity index (χ4n) is 1.25. The highest BCUT2D eigenvalue weighted by Crippen LogP contribution is 2.24. The van der Waals surface area contributed by atoms with Crippen molar-refractivity contribution < 1.29 is 0 Å². The molecule has 2 aromatic rings. The Kier molecular flexibility index (Phi) is 3.46. The number of nitrogens with zero attached hydrogens (tertiary/aromatic N) is 1. The van der Waals surface area contributed by atoms with Crippen molar-refractivity contribution in [1.29, 1.82) is 0 Å². The molecule has 78 valence electrons. The van der Waals surface area contributed by atoms with E-state index in [9.17, 15) is 0 Å². The van der Waals surface area contributed by atoms with Crippen LogP contribution in [0.5, 0.6) is 0 Å². The number of benzene rings is 2. The number of halogens is 2. The molecule has 0 fully saturated rings. The molecule has 0 spiro atoms. The van der Waals surface area contributed by atoms with Crippen LogP contribution in [0.3, 0.4) is 0 Å². The first-order valence-corrected chi connectivity index (χ1v) is 5.47. The molecule has 3 heteroatoms. The van der Waals surface area contributed by atoms with Crippen LogP contribution in [-0.2, 0) is 0 Å². The first-order chi connectivity index (χ1) is 7.74. The molecule has 0 aliphatic heterocycles. The van der Waals surface area contributed by atoms with Crippen molar-refractivity contribution in [2.45, 2.75) is 0 Å². The van der Waals surface area contributed by atoms with Crippen molar-refractivity contribution in [3.63, 3.8) is 0 Å². The van der Waals surface area contributed by atoms with Crippen LogP contribution in [-0.4, -0.2) is 0 Å². The van der Waals surface area contributed by atoms with Crippen LogP contribution in [0.25, 0.3) is 4.85 Å². The van der Waals surface area contributed by atoms with E-state index in [1.807, 2.05) is 30.3 Å². The van der Waals surface area contributed by atoms with Gasteiger partial charge in [-0.25, -0.2) is 0 Å². The average Bonchev–Trinajstić information content (AvgIpc) is 2.27. The van der Waals surface area contributed by atoms with Gasteiger partial charge in [0.25, 0.3) is 0 Å². The van der Waals surface area contributed by atoms with E-state index in [1.165, 1.54) is 0 Å². The Morgan fingerprint density at radius 2 is 1.50 bits per heavy atom. The molecule has 0 atom stereocenters. The molecule has 0 bridgehead atoms. The third-order valence-corrected chi connectivity index (χ3v) is 2.37. The zero-order valence-electron chi connectivity index (χ0n) is 8.32. The minimum atomic E-state index is 0.570. The second-order valence-electron chi connectivity index (χ2n) is 3.22. The van der Waals surface area contributed by atoms with Gasteiger partial charge >= 0.3 is 11.8 Å². The quantitative estimate of drug-likeness (QED) is 0.618. The van der Waals surface area contributed by atoms with Gasteiger partial charge in [0.1, 0.15) is 5.56 Å². The average molecular weight is 249 g/mol. The maximum Gasteiger partial charge on any atom is 0.343 e. The summed E-state index contributed by atoms with van der Waals surface area (Å²) in [5.74, 6) is 0. The molecule has 1 nitrogen and oxygen atoms in total. The Morgan fingerprint density at radius 1 is 0.875 bits per heavy atom. The van der Waals surface area contributed by atoms with E-state index in [0.717, 1.165) is 5.56 Å². The van der Waals surface area contributed by atoms with Gasteiger partial charge in [-0.15, -0.1) is 0 Å². The summed E-state index contributed by atoms with van der Waals surface area (Å²) in [5, 5.41) is 1.14. The molecular formula is C13H8Cl2N+. The molecule has 0 heterocycles. The van der Waals surface area contributed by atoms with Gasteiger partial charge in [0, 0.05) is 22.2 Å². The van der Waals surface area contributed by atoms with Crippen molar-refractivity contribution in [3.05, 3.63) is 69.0 Å². The molecule has 0 aliphatic carbocycles.